The Morgan fingerprint density at radius 1 is 1.54 bits per heavy atom. The zero-order valence-electron chi connectivity index (χ0n) is 7.59. The van der Waals surface area contributed by atoms with Crippen LogP contribution in [0.5, 0.6) is 0 Å². The zero-order chi connectivity index (χ0) is 9.84. The van der Waals surface area contributed by atoms with Crippen LogP contribution in [0, 0.1) is 23.7 Å². The minimum absolute atomic E-state index is 0.0801. The summed E-state index contributed by atoms with van der Waals surface area (Å²) in [5.41, 5.74) is 2.12. The number of nitrogens with zero attached hydrogens (tertiary/aromatic N) is 1. The third-order valence-corrected chi connectivity index (χ3v) is 1.82. The van der Waals surface area contributed by atoms with Gasteiger partial charge in [0.25, 0.3) is 0 Å². The number of nitrogens with one attached hydrogen (secondary N) is 1. The lowest BCUT2D eigenvalue weighted by Gasteiger charge is -2.03. The summed E-state index contributed by atoms with van der Waals surface area (Å²) in [5.74, 6) is 0.0801. The van der Waals surface area contributed by atoms with Crippen LogP contribution in [0.15, 0.2) is 18.2 Å². The van der Waals surface area contributed by atoms with Gasteiger partial charge in [0.1, 0.15) is 0 Å². The topological polar surface area (TPSA) is 56.9 Å². The number of rotatable bonds is 1. The lowest BCUT2D eigenvalue weighted by molar-refractivity contribution is 0.401. The number of hydrogen-bond acceptors (Lipinski definition) is 3. The molecule has 0 aliphatic rings. The summed E-state index contributed by atoms with van der Waals surface area (Å²) in [5, 5.41) is 16.1. The van der Waals surface area contributed by atoms with E-state index in [9.17, 15) is 0 Å². The molecule has 0 heterocycles. The van der Waals surface area contributed by atoms with E-state index >= 15 is 0 Å². The van der Waals surface area contributed by atoms with Gasteiger partial charge in [-0.2, -0.15) is 5.26 Å². The molecule has 0 amide bonds. The van der Waals surface area contributed by atoms with Crippen molar-refractivity contribution in [2.45, 2.75) is 6.92 Å². The first-order valence-corrected chi connectivity index (χ1v) is 3.82. The van der Waals surface area contributed by atoms with Gasteiger partial charge in [0.15, 0.2) is 0 Å². The molecule has 0 unspecified atom stereocenters. The van der Waals surface area contributed by atoms with E-state index < -0.39 is 0 Å². The molecule has 0 spiro atoms. The Labute approximate surface area is 77.1 Å². The molecule has 13 heavy (non-hydrogen) atoms. The summed E-state index contributed by atoms with van der Waals surface area (Å²) in [6.45, 7) is 1.86. The monoisotopic (exact) mass is 174 g/mol. The molecule has 1 aromatic rings. The predicted molar refractivity (Wildman–Crippen MR) is 49.7 cm³/mol. The lowest BCUT2D eigenvalue weighted by atomic mass is 10.1. The standard InChI is InChI=1S/C10H10N2O/c1-7-3-4-8(10(12)13-2)5-9(7)6-11/h3-5,12H,1-2H3. The molecular weight excluding hydrogens is 164 g/mol. The first kappa shape index (κ1) is 9.27. The van der Waals surface area contributed by atoms with Gasteiger partial charge in [0, 0.05) is 5.56 Å². The van der Waals surface area contributed by atoms with Crippen LogP contribution >= 0.6 is 0 Å². The molecule has 0 fully saturated rings. The molecule has 66 valence electrons. The fourth-order valence-corrected chi connectivity index (χ4v) is 1.00. The second-order valence-corrected chi connectivity index (χ2v) is 2.67. The van der Waals surface area contributed by atoms with E-state index in [0.29, 0.717) is 11.1 Å². The van der Waals surface area contributed by atoms with Crippen molar-refractivity contribution in [2.24, 2.45) is 0 Å². The molecule has 1 N–H and O–H groups in total. The third kappa shape index (κ3) is 1.85. The molecule has 0 atom stereocenters. The minimum Gasteiger partial charge on any atom is -0.481 e. The van der Waals surface area contributed by atoms with Gasteiger partial charge in [-0.25, -0.2) is 0 Å². The summed E-state index contributed by atoms with van der Waals surface area (Å²) >= 11 is 0. The highest BCUT2D eigenvalue weighted by molar-refractivity contribution is 5.91. The van der Waals surface area contributed by atoms with Gasteiger partial charge >= 0.3 is 0 Å². The molecule has 0 aliphatic heterocycles. The predicted octanol–water partition coefficient (Wildman–Crippen LogP) is 1.84. The SMILES string of the molecule is COC(=N)c1ccc(C)c(C#N)c1. The Kier molecular flexibility index (Phi) is 2.65. The number of nitriles is 1. The van der Waals surface area contributed by atoms with Crippen molar-refractivity contribution in [3.05, 3.63) is 34.9 Å². The van der Waals surface area contributed by atoms with E-state index in [-0.39, 0.29) is 5.90 Å². The van der Waals surface area contributed by atoms with Crippen molar-refractivity contribution < 1.29 is 4.74 Å². The van der Waals surface area contributed by atoms with Crippen LogP contribution in [-0.2, 0) is 4.74 Å². The Balaban J connectivity index is 3.15. The second-order valence-electron chi connectivity index (χ2n) is 2.67. The molecule has 0 saturated heterocycles. The summed E-state index contributed by atoms with van der Waals surface area (Å²) in [4.78, 5) is 0. The lowest BCUT2D eigenvalue weighted by Crippen LogP contribution is -2.01. The van der Waals surface area contributed by atoms with Gasteiger partial charge in [-0.15, -0.1) is 0 Å². The first-order chi connectivity index (χ1) is 6.19. The van der Waals surface area contributed by atoms with Gasteiger partial charge < -0.3 is 4.74 Å². The molecule has 3 nitrogen and oxygen atoms in total. The van der Waals surface area contributed by atoms with E-state index in [4.69, 9.17) is 15.4 Å². The van der Waals surface area contributed by atoms with Crippen molar-refractivity contribution >= 4 is 5.90 Å². The molecule has 1 rings (SSSR count). The van der Waals surface area contributed by atoms with Crippen molar-refractivity contribution in [3.8, 4) is 6.07 Å². The summed E-state index contributed by atoms with van der Waals surface area (Å²) in [7, 11) is 1.44. The van der Waals surface area contributed by atoms with E-state index in [1.165, 1.54) is 7.11 Å². The fourth-order valence-electron chi connectivity index (χ4n) is 1.00. The van der Waals surface area contributed by atoms with Crippen molar-refractivity contribution in [1.82, 2.24) is 0 Å². The Morgan fingerprint density at radius 2 is 2.23 bits per heavy atom. The molecule has 0 aromatic heterocycles. The maximum absolute atomic E-state index is 8.74. The van der Waals surface area contributed by atoms with Gasteiger partial charge in [-0.05, 0) is 24.6 Å². The Hall–Kier alpha value is -1.82. The number of ether oxygens (including phenoxy) is 1. The number of hydrogen-bond donors (Lipinski definition) is 1. The maximum atomic E-state index is 8.74. The van der Waals surface area contributed by atoms with E-state index in [1.807, 2.05) is 6.92 Å². The van der Waals surface area contributed by atoms with Crippen LogP contribution in [0.25, 0.3) is 0 Å². The van der Waals surface area contributed by atoms with Crippen molar-refractivity contribution in [2.75, 3.05) is 7.11 Å². The molecule has 1 aromatic carbocycles. The van der Waals surface area contributed by atoms with Crippen LogP contribution in [0.4, 0.5) is 0 Å². The Bertz CT molecular complexity index is 377. The van der Waals surface area contributed by atoms with Crippen molar-refractivity contribution in [3.63, 3.8) is 0 Å². The molecular formula is C10H10N2O. The number of aryl methyl sites for hydroxylation is 1. The van der Waals surface area contributed by atoms with Gasteiger partial charge in [-0.3, -0.25) is 5.41 Å². The van der Waals surface area contributed by atoms with E-state index in [0.717, 1.165) is 5.56 Å². The molecule has 0 aliphatic carbocycles. The van der Waals surface area contributed by atoms with E-state index in [2.05, 4.69) is 6.07 Å². The molecule has 3 heteroatoms. The quantitative estimate of drug-likeness (QED) is 0.521. The van der Waals surface area contributed by atoms with Crippen LogP contribution in [0.3, 0.4) is 0 Å². The molecule has 0 bridgehead atoms. The largest absolute Gasteiger partial charge is 0.481 e. The smallest absolute Gasteiger partial charge is 0.212 e. The van der Waals surface area contributed by atoms with Gasteiger partial charge in [-0.1, -0.05) is 6.07 Å². The minimum atomic E-state index is 0.0801. The summed E-state index contributed by atoms with van der Waals surface area (Å²) in [6, 6.07) is 7.29. The molecule has 0 saturated carbocycles. The Morgan fingerprint density at radius 3 is 2.77 bits per heavy atom. The second kappa shape index (κ2) is 3.72. The van der Waals surface area contributed by atoms with Crippen LogP contribution in [0.2, 0.25) is 0 Å². The normalized spacial score (nSPS) is 9.00. The fraction of sp³-hybridized carbons (Fsp3) is 0.200. The van der Waals surface area contributed by atoms with Gasteiger partial charge in [0.05, 0.1) is 18.7 Å². The average molecular weight is 174 g/mol. The average Bonchev–Trinajstić information content (AvgIpc) is 2.17. The van der Waals surface area contributed by atoms with E-state index in [1.54, 1.807) is 18.2 Å². The summed E-state index contributed by atoms with van der Waals surface area (Å²) in [6.07, 6.45) is 0. The third-order valence-electron chi connectivity index (χ3n) is 1.82. The van der Waals surface area contributed by atoms with Gasteiger partial charge in [0.2, 0.25) is 5.90 Å². The highest BCUT2D eigenvalue weighted by Gasteiger charge is 2.03. The first-order valence-electron chi connectivity index (χ1n) is 3.82. The number of benzene rings is 1. The zero-order valence-corrected chi connectivity index (χ0v) is 7.59. The van der Waals surface area contributed by atoms with Crippen LogP contribution in [-0.4, -0.2) is 13.0 Å². The highest BCUT2D eigenvalue weighted by atomic mass is 16.5. The maximum Gasteiger partial charge on any atom is 0.212 e. The summed E-state index contributed by atoms with van der Waals surface area (Å²) < 4.78 is 4.75. The highest BCUT2D eigenvalue weighted by Crippen LogP contribution is 2.10. The van der Waals surface area contributed by atoms with Crippen LogP contribution < -0.4 is 0 Å². The van der Waals surface area contributed by atoms with Crippen molar-refractivity contribution in [1.29, 1.82) is 10.7 Å². The van der Waals surface area contributed by atoms with Crippen LogP contribution in [0.1, 0.15) is 16.7 Å². The number of methoxy groups -OCH3 is 1. The molecule has 0 radical (unpaired) electrons.